The lowest BCUT2D eigenvalue weighted by molar-refractivity contribution is 0.0240. The van der Waals surface area contributed by atoms with Gasteiger partial charge in [0.1, 0.15) is 11.7 Å². The van der Waals surface area contributed by atoms with E-state index in [1.54, 1.807) is 9.80 Å². The standard InChI is InChI=1S/C26H36N6O4/c1-26(2,3)36-24(33)31-12-10-30(11-13-31)23-21-7-5-6-17-14-18(8-9-20(17)22(21)28-29-23)32-16-19(15-27-4)35-25(32)34/h8-9,14,19,27H,5-7,10-13,15-16H2,1-4H3,(H,28,29). The van der Waals surface area contributed by atoms with Gasteiger partial charge >= 0.3 is 12.2 Å². The number of aromatic amines is 1. The molecule has 2 aliphatic heterocycles. The number of aromatic nitrogens is 2. The first-order valence-corrected chi connectivity index (χ1v) is 12.8. The van der Waals surface area contributed by atoms with Gasteiger partial charge in [-0.05, 0) is 64.8 Å². The molecule has 2 fully saturated rings. The zero-order valence-corrected chi connectivity index (χ0v) is 21.6. The molecular weight excluding hydrogens is 460 g/mol. The van der Waals surface area contributed by atoms with Crippen LogP contribution in [0.25, 0.3) is 11.3 Å². The van der Waals surface area contributed by atoms with Crippen LogP contribution in [0.2, 0.25) is 0 Å². The number of anilines is 2. The van der Waals surface area contributed by atoms with E-state index in [1.807, 2.05) is 33.9 Å². The van der Waals surface area contributed by atoms with Gasteiger partial charge in [-0.2, -0.15) is 5.10 Å². The molecular formula is C26H36N6O4. The number of likely N-dealkylation sites (N-methyl/N-ethyl adjacent to an activating group) is 1. The molecule has 36 heavy (non-hydrogen) atoms. The number of ether oxygens (including phenoxy) is 2. The van der Waals surface area contributed by atoms with Crippen LogP contribution in [0.3, 0.4) is 0 Å². The lowest BCUT2D eigenvalue weighted by Crippen LogP contribution is -2.50. The minimum absolute atomic E-state index is 0.140. The summed E-state index contributed by atoms with van der Waals surface area (Å²) in [5.74, 6) is 0.976. The number of nitrogens with zero attached hydrogens (tertiary/aromatic N) is 4. The van der Waals surface area contributed by atoms with E-state index in [0.29, 0.717) is 39.3 Å². The molecule has 0 radical (unpaired) electrons. The third kappa shape index (κ3) is 4.86. The largest absolute Gasteiger partial charge is 0.444 e. The van der Waals surface area contributed by atoms with Gasteiger partial charge in [0.25, 0.3) is 0 Å². The molecule has 2 N–H and O–H groups in total. The van der Waals surface area contributed by atoms with Gasteiger partial charge in [0.05, 0.1) is 12.2 Å². The molecule has 194 valence electrons. The number of hydrogen-bond donors (Lipinski definition) is 2. The third-order valence-corrected chi connectivity index (χ3v) is 6.92. The van der Waals surface area contributed by atoms with Crippen LogP contribution in [0.5, 0.6) is 0 Å². The smallest absolute Gasteiger partial charge is 0.414 e. The summed E-state index contributed by atoms with van der Waals surface area (Å²) in [7, 11) is 1.86. The van der Waals surface area contributed by atoms with Crippen LogP contribution in [0.4, 0.5) is 21.1 Å². The molecule has 3 aliphatic rings. The number of carbonyl (C=O) groups is 2. The second kappa shape index (κ2) is 9.65. The number of amides is 2. The van der Waals surface area contributed by atoms with E-state index in [2.05, 4.69) is 27.4 Å². The van der Waals surface area contributed by atoms with Gasteiger partial charge in [-0.25, -0.2) is 9.59 Å². The van der Waals surface area contributed by atoms with Gasteiger partial charge in [-0.1, -0.05) is 6.07 Å². The number of nitrogens with one attached hydrogen (secondary N) is 2. The molecule has 2 amide bonds. The van der Waals surface area contributed by atoms with Crippen molar-refractivity contribution in [2.24, 2.45) is 0 Å². The molecule has 1 atom stereocenters. The molecule has 3 heterocycles. The Morgan fingerprint density at radius 1 is 1.22 bits per heavy atom. The number of fused-ring (bicyclic) bond motifs is 3. The summed E-state index contributed by atoms with van der Waals surface area (Å²) < 4.78 is 11.0. The summed E-state index contributed by atoms with van der Waals surface area (Å²) in [4.78, 5) is 30.6. The van der Waals surface area contributed by atoms with Gasteiger partial charge in [-0.15, -0.1) is 0 Å². The molecule has 0 bridgehead atoms. The lowest BCUT2D eigenvalue weighted by Gasteiger charge is -2.36. The van der Waals surface area contributed by atoms with Crippen LogP contribution in [0.15, 0.2) is 18.2 Å². The zero-order chi connectivity index (χ0) is 25.4. The van der Waals surface area contributed by atoms with Crippen molar-refractivity contribution in [3.63, 3.8) is 0 Å². The Labute approximate surface area is 211 Å². The summed E-state index contributed by atoms with van der Waals surface area (Å²) in [6.07, 6.45) is 2.17. The summed E-state index contributed by atoms with van der Waals surface area (Å²) in [6.45, 7) is 9.50. The van der Waals surface area contributed by atoms with Crippen molar-refractivity contribution in [1.29, 1.82) is 0 Å². The van der Waals surface area contributed by atoms with Crippen molar-refractivity contribution in [2.45, 2.75) is 51.7 Å². The van der Waals surface area contributed by atoms with Crippen molar-refractivity contribution in [3.05, 3.63) is 29.3 Å². The fourth-order valence-electron chi connectivity index (χ4n) is 5.22. The minimum Gasteiger partial charge on any atom is -0.444 e. The second-order valence-corrected chi connectivity index (χ2v) is 10.7. The highest BCUT2D eigenvalue weighted by atomic mass is 16.6. The highest BCUT2D eigenvalue weighted by Crippen LogP contribution is 2.38. The summed E-state index contributed by atoms with van der Waals surface area (Å²) in [6, 6.07) is 6.21. The molecule has 2 saturated heterocycles. The first kappa shape index (κ1) is 24.4. The maximum absolute atomic E-state index is 12.4. The van der Waals surface area contributed by atoms with Gasteiger partial charge < -0.3 is 24.6 Å². The Kier molecular flexibility index (Phi) is 6.55. The number of carbonyl (C=O) groups excluding carboxylic acids is 2. The van der Waals surface area contributed by atoms with Crippen molar-refractivity contribution < 1.29 is 19.1 Å². The molecule has 1 aromatic carbocycles. The van der Waals surface area contributed by atoms with E-state index < -0.39 is 5.60 Å². The normalized spacial score (nSPS) is 20.1. The zero-order valence-electron chi connectivity index (χ0n) is 21.6. The van der Waals surface area contributed by atoms with Gasteiger partial charge in [0.2, 0.25) is 0 Å². The third-order valence-electron chi connectivity index (χ3n) is 6.92. The van der Waals surface area contributed by atoms with Crippen molar-refractivity contribution in [2.75, 3.05) is 56.1 Å². The molecule has 1 unspecified atom stereocenters. The Morgan fingerprint density at radius 2 is 2.00 bits per heavy atom. The van der Waals surface area contributed by atoms with E-state index in [0.717, 1.165) is 42.0 Å². The van der Waals surface area contributed by atoms with Crippen LogP contribution in [-0.4, -0.2) is 85.3 Å². The van der Waals surface area contributed by atoms with Crippen molar-refractivity contribution >= 4 is 23.7 Å². The van der Waals surface area contributed by atoms with Crippen LogP contribution in [-0.2, 0) is 22.3 Å². The monoisotopic (exact) mass is 496 g/mol. The van der Waals surface area contributed by atoms with Gasteiger partial charge in [0.15, 0.2) is 5.82 Å². The van der Waals surface area contributed by atoms with E-state index in [-0.39, 0.29) is 18.3 Å². The first-order chi connectivity index (χ1) is 17.2. The highest BCUT2D eigenvalue weighted by molar-refractivity contribution is 5.90. The van der Waals surface area contributed by atoms with Crippen LogP contribution >= 0.6 is 0 Å². The summed E-state index contributed by atoms with van der Waals surface area (Å²) in [5.41, 5.74) is 5.00. The highest BCUT2D eigenvalue weighted by Gasteiger charge is 2.33. The quantitative estimate of drug-likeness (QED) is 0.670. The second-order valence-electron chi connectivity index (χ2n) is 10.7. The predicted octanol–water partition coefficient (Wildman–Crippen LogP) is 3.17. The Bertz CT molecular complexity index is 1130. The number of benzene rings is 1. The lowest BCUT2D eigenvalue weighted by atomic mass is 10.0. The first-order valence-electron chi connectivity index (χ1n) is 12.8. The number of aryl methyl sites for hydroxylation is 1. The molecule has 10 nitrogen and oxygen atoms in total. The van der Waals surface area contributed by atoms with E-state index in [1.165, 1.54) is 11.1 Å². The van der Waals surface area contributed by atoms with E-state index in [9.17, 15) is 9.59 Å². The number of rotatable bonds is 4. The Balaban J connectivity index is 1.32. The average molecular weight is 497 g/mol. The fourth-order valence-corrected chi connectivity index (χ4v) is 5.22. The number of hydrogen-bond acceptors (Lipinski definition) is 7. The topological polar surface area (TPSA) is 103 Å². The number of piperazine rings is 1. The predicted molar refractivity (Wildman–Crippen MR) is 138 cm³/mol. The summed E-state index contributed by atoms with van der Waals surface area (Å²) >= 11 is 0. The van der Waals surface area contributed by atoms with Crippen LogP contribution < -0.4 is 15.1 Å². The average Bonchev–Trinajstić information content (AvgIpc) is 3.36. The molecule has 2 aromatic rings. The number of H-pyrrole nitrogens is 1. The minimum atomic E-state index is -0.496. The molecule has 5 rings (SSSR count). The maximum Gasteiger partial charge on any atom is 0.414 e. The SMILES string of the molecule is CNCC1CN(c2ccc3c(c2)CCCc2c(N4CCN(C(=O)OC(C)(C)C)CC4)n[nH]c2-3)C(=O)O1. The van der Waals surface area contributed by atoms with Crippen molar-refractivity contribution in [1.82, 2.24) is 20.4 Å². The maximum atomic E-state index is 12.4. The van der Waals surface area contributed by atoms with Gasteiger partial charge in [0, 0.05) is 49.5 Å². The van der Waals surface area contributed by atoms with Crippen molar-refractivity contribution in [3.8, 4) is 11.3 Å². The summed E-state index contributed by atoms with van der Waals surface area (Å²) in [5, 5.41) is 11.1. The molecule has 0 saturated carbocycles. The molecule has 1 aliphatic carbocycles. The van der Waals surface area contributed by atoms with Crippen LogP contribution in [0, 0.1) is 0 Å². The fraction of sp³-hybridized carbons (Fsp3) is 0.577. The Hall–Kier alpha value is -3.27. The van der Waals surface area contributed by atoms with Gasteiger partial charge in [-0.3, -0.25) is 10.00 Å². The molecule has 10 heteroatoms. The molecule has 1 aromatic heterocycles. The van der Waals surface area contributed by atoms with E-state index >= 15 is 0 Å². The molecule has 0 spiro atoms. The van der Waals surface area contributed by atoms with Crippen LogP contribution in [0.1, 0.15) is 38.3 Å². The Morgan fingerprint density at radius 3 is 2.72 bits per heavy atom. The van der Waals surface area contributed by atoms with E-state index in [4.69, 9.17) is 14.6 Å². The number of cyclic esters (lactones) is 1.